The number of piperidine rings is 2. The van der Waals surface area contributed by atoms with Gasteiger partial charge in [0.25, 0.3) is 0 Å². The highest BCUT2D eigenvalue weighted by Crippen LogP contribution is 2.52. The van der Waals surface area contributed by atoms with Crippen LogP contribution >= 0.6 is 0 Å². The van der Waals surface area contributed by atoms with Gasteiger partial charge in [-0.3, -0.25) is 9.69 Å². The van der Waals surface area contributed by atoms with Crippen molar-refractivity contribution in [1.29, 1.82) is 0 Å². The van der Waals surface area contributed by atoms with Crippen LogP contribution in [0.5, 0.6) is 0 Å². The monoisotopic (exact) mass is 522 g/mol. The molecule has 4 bridgehead atoms. The van der Waals surface area contributed by atoms with Crippen molar-refractivity contribution in [2.45, 2.75) is 108 Å². The molecule has 6 aliphatic rings. The highest BCUT2D eigenvalue weighted by molar-refractivity contribution is 5.78. The maximum atomic E-state index is 13.3. The van der Waals surface area contributed by atoms with Crippen LogP contribution in [0, 0.1) is 17.3 Å². The third-order valence-corrected chi connectivity index (χ3v) is 10.2. The molecule has 0 radical (unpaired) electrons. The molecule has 5 aliphatic heterocycles. The van der Waals surface area contributed by atoms with Gasteiger partial charge in [0, 0.05) is 19.6 Å². The Morgan fingerprint density at radius 1 is 0.842 bits per heavy atom. The Labute approximate surface area is 228 Å². The van der Waals surface area contributed by atoms with Gasteiger partial charge in [0.15, 0.2) is 0 Å². The molecule has 0 aromatic carbocycles. The molecule has 0 aromatic heterocycles. The van der Waals surface area contributed by atoms with Crippen molar-refractivity contribution in [3.05, 3.63) is 48.6 Å². The lowest BCUT2D eigenvalue weighted by molar-refractivity contribution is -0.241. The van der Waals surface area contributed by atoms with Gasteiger partial charge in [-0.2, -0.15) is 0 Å². The number of amides is 1. The van der Waals surface area contributed by atoms with Crippen LogP contribution in [0.15, 0.2) is 48.6 Å². The van der Waals surface area contributed by atoms with E-state index in [-0.39, 0.29) is 30.4 Å². The van der Waals surface area contributed by atoms with Crippen LogP contribution in [0.25, 0.3) is 0 Å². The van der Waals surface area contributed by atoms with Crippen LogP contribution in [0.3, 0.4) is 0 Å². The molecule has 4 saturated heterocycles. The third kappa shape index (κ3) is 5.22. The number of hydrogen-bond acceptors (Lipinski definition) is 5. The molecule has 4 fully saturated rings. The van der Waals surface area contributed by atoms with Crippen LogP contribution in [0.2, 0.25) is 0 Å². The fourth-order valence-electron chi connectivity index (χ4n) is 8.17. The molecule has 38 heavy (non-hydrogen) atoms. The van der Waals surface area contributed by atoms with Crippen LogP contribution in [0.4, 0.5) is 0 Å². The summed E-state index contributed by atoms with van der Waals surface area (Å²) in [7, 11) is 0. The van der Waals surface area contributed by atoms with E-state index >= 15 is 0 Å². The zero-order valence-electron chi connectivity index (χ0n) is 22.8. The summed E-state index contributed by atoms with van der Waals surface area (Å²) in [6.07, 6.45) is 28.8. The van der Waals surface area contributed by atoms with Gasteiger partial charge in [0.1, 0.15) is 12.5 Å². The molecule has 6 nitrogen and oxygen atoms in total. The van der Waals surface area contributed by atoms with Gasteiger partial charge < -0.3 is 19.5 Å². The van der Waals surface area contributed by atoms with Crippen LogP contribution in [-0.2, 0) is 14.3 Å². The van der Waals surface area contributed by atoms with Crippen molar-refractivity contribution in [2.75, 3.05) is 19.6 Å². The van der Waals surface area contributed by atoms with E-state index in [1.54, 1.807) is 0 Å². The fraction of sp³-hybridized carbons (Fsp3) is 0.719. The second-order valence-corrected chi connectivity index (χ2v) is 12.4. The molecule has 1 spiro atoms. The van der Waals surface area contributed by atoms with E-state index in [9.17, 15) is 9.90 Å². The Hall–Kier alpha value is -1.73. The van der Waals surface area contributed by atoms with Crippen molar-refractivity contribution in [3.63, 3.8) is 0 Å². The van der Waals surface area contributed by atoms with E-state index in [0.29, 0.717) is 18.4 Å². The predicted molar refractivity (Wildman–Crippen MR) is 148 cm³/mol. The minimum absolute atomic E-state index is 0.0671. The van der Waals surface area contributed by atoms with E-state index in [4.69, 9.17) is 9.47 Å². The average molecular weight is 523 g/mol. The highest BCUT2D eigenvalue weighted by atomic mass is 16.5. The molecule has 0 saturated carbocycles. The highest BCUT2D eigenvalue weighted by Gasteiger charge is 2.57. The SMILES string of the molecule is O=C1C[C@H]2CCCC[C@H]3CC[C@H]4CCCN(C/C=C/C=C/C=C/[C@@H]5CC=C[C@@H](O)C56CCCN1[C@H]6O2)[C@H]4O3. The van der Waals surface area contributed by atoms with E-state index in [2.05, 4.69) is 47.4 Å². The first-order valence-electron chi connectivity index (χ1n) is 15.3. The lowest BCUT2D eigenvalue weighted by Gasteiger charge is -2.57. The van der Waals surface area contributed by atoms with Gasteiger partial charge in [0.2, 0.25) is 5.91 Å². The van der Waals surface area contributed by atoms with E-state index in [0.717, 1.165) is 64.6 Å². The average Bonchev–Trinajstić information content (AvgIpc) is 2.93. The number of carbonyl (C=O) groups excluding carboxylic acids is 1. The lowest BCUT2D eigenvalue weighted by atomic mass is 9.61. The van der Waals surface area contributed by atoms with Crippen molar-refractivity contribution in [1.82, 2.24) is 9.80 Å². The number of allylic oxidation sites excluding steroid dienone is 6. The molecule has 5 heterocycles. The first-order valence-corrected chi connectivity index (χ1v) is 15.3. The normalized spacial score (nSPS) is 45.0. The van der Waals surface area contributed by atoms with Gasteiger partial charge in [-0.25, -0.2) is 0 Å². The molecule has 1 amide bonds. The summed E-state index contributed by atoms with van der Waals surface area (Å²) in [5, 5.41) is 11.4. The summed E-state index contributed by atoms with van der Waals surface area (Å²) in [6, 6.07) is 0. The number of carbonyl (C=O) groups is 1. The third-order valence-electron chi connectivity index (χ3n) is 10.2. The fourth-order valence-corrected chi connectivity index (χ4v) is 8.17. The molecule has 8 atom stereocenters. The second-order valence-electron chi connectivity index (χ2n) is 12.4. The largest absolute Gasteiger partial charge is 0.388 e. The zero-order chi connectivity index (χ0) is 26.0. The topological polar surface area (TPSA) is 62.2 Å². The van der Waals surface area contributed by atoms with Crippen molar-refractivity contribution >= 4 is 5.91 Å². The van der Waals surface area contributed by atoms with E-state index in [1.807, 2.05) is 11.0 Å². The number of hydrogen-bond donors (Lipinski definition) is 1. The van der Waals surface area contributed by atoms with Crippen LogP contribution in [-0.4, -0.2) is 71.2 Å². The maximum Gasteiger partial charge on any atom is 0.227 e. The Morgan fingerprint density at radius 2 is 1.71 bits per heavy atom. The number of aliphatic hydroxyl groups excluding tert-OH is 1. The van der Waals surface area contributed by atoms with Crippen LogP contribution in [0.1, 0.15) is 77.0 Å². The van der Waals surface area contributed by atoms with Gasteiger partial charge in [-0.1, -0.05) is 61.4 Å². The molecule has 0 aromatic rings. The Bertz CT molecular complexity index is 959. The van der Waals surface area contributed by atoms with Crippen molar-refractivity contribution in [2.24, 2.45) is 17.3 Å². The van der Waals surface area contributed by atoms with Crippen molar-refractivity contribution in [3.8, 4) is 0 Å². The summed E-state index contributed by atoms with van der Waals surface area (Å²) in [5.74, 6) is 0.994. The summed E-state index contributed by atoms with van der Waals surface area (Å²) < 4.78 is 13.5. The Balaban J connectivity index is 1.25. The van der Waals surface area contributed by atoms with Crippen molar-refractivity contribution < 1.29 is 19.4 Å². The summed E-state index contributed by atoms with van der Waals surface area (Å²) in [5.41, 5.74) is -0.488. The standard InChI is InChI=1S/C32H46N2O4/c35-28-16-8-13-25-12-4-2-1-3-7-20-33-21-9-11-24-17-18-26(37-30(24)33)14-5-6-15-27-23-29(36)34-22-10-19-32(25,28)31(34)38-27/h1-4,7-8,12,16,24-28,30-31,35H,5-6,9-11,13-15,17-23H2/b2-1+,7-3+,12-4+/t24-,25-,26+,27-,28-,30+,31+,32?/m1/s1. The smallest absolute Gasteiger partial charge is 0.227 e. The van der Waals surface area contributed by atoms with Crippen LogP contribution < -0.4 is 0 Å². The number of ether oxygens (including phenoxy) is 2. The summed E-state index contributed by atoms with van der Waals surface area (Å²) in [6.45, 7) is 2.79. The van der Waals surface area contributed by atoms with Gasteiger partial charge in [0.05, 0.1) is 30.1 Å². The Morgan fingerprint density at radius 3 is 2.63 bits per heavy atom. The minimum Gasteiger partial charge on any atom is -0.388 e. The maximum absolute atomic E-state index is 13.3. The molecule has 6 heteroatoms. The van der Waals surface area contributed by atoms with Gasteiger partial charge in [-0.05, 0) is 69.6 Å². The molecular formula is C32H46N2O4. The molecule has 6 rings (SSSR count). The number of aliphatic hydroxyl groups is 1. The van der Waals surface area contributed by atoms with Gasteiger partial charge >= 0.3 is 0 Å². The lowest BCUT2D eigenvalue weighted by Crippen LogP contribution is -2.66. The molecule has 1 N–H and O–H groups in total. The second kappa shape index (κ2) is 11.8. The molecule has 208 valence electrons. The minimum atomic E-state index is -0.614. The Kier molecular flexibility index (Phi) is 8.22. The molecule has 1 unspecified atom stereocenters. The number of nitrogens with zero attached hydrogens (tertiary/aromatic N) is 2. The molecule has 1 aliphatic carbocycles. The first kappa shape index (κ1) is 26.5. The summed E-state index contributed by atoms with van der Waals surface area (Å²) in [4.78, 5) is 17.8. The van der Waals surface area contributed by atoms with E-state index < -0.39 is 11.5 Å². The quantitative estimate of drug-likeness (QED) is 0.448. The summed E-state index contributed by atoms with van der Waals surface area (Å²) >= 11 is 0. The zero-order valence-corrected chi connectivity index (χ0v) is 22.8. The first-order chi connectivity index (χ1) is 18.6. The number of fused-ring (bicyclic) bond motifs is 2. The van der Waals surface area contributed by atoms with Gasteiger partial charge in [-0.15, -0.1) is 0 Å². The number of rotatable bonds is 0. The molecular weight excluding hydrogens is 476 g/mol. The predicted octanol–water partition coefficient (Wildman–Crippen LogP) is 5.11. The van der Waals surface area contributed by atoms with E-state index in [1.165, 1.54) is 25.7 Å².